The zero-order chi connectivity index (χ0) is 13.8. The van der Waals surface area contributed by atoms with Crippen LogP contribution in [0.1, 0.15) is 15.9 Å². The molecule has 0 unspecified atom stereocenters. The van der Waals surface area contributed by atoms with E-state index in [4.69, 9.17) is 14.6 Å². The van der Waals surface area contributed by atoms with Crippen LogP contribution in [0, 0.1) is 6.92 Å². The Hall–Kier alpha value is -2.56. The second-order valence-electron chi connectivity index (χ2n) is 3.93. The van der Waals surface area contributed by atoms with Gasteiger partial charge in [0, 0.05) is 12.1 Å². The van der Waals surface area contributed by atoms with Crippen LogP contribution in [0.4, 0.5) is 0 Å². The molecule has 1 heterocycles. The Morgan fingerprint density at radius 2 is 1.95 bits per heavy atom. The predicted octanol–water partition coefficient (Wildman–Crippen LogP) is 2.89. The maximum atomic E-state index is 11.2. The van der Waals surface area contributed by atoms with Crippen LogP contribution in [0.3, 0.4) is 0 Å². The summed E-state index contributed by atoms with van der Waals surface area (Å²) in [4.78, 5) is 15.2. The number of carboxylic acid groups (broad SMARTS) is 1. The van der Waals surface area contributed by atoms with Gasteiger partial charge in [0.1, 0.15) is 11.3 Å². The van der Waals surface area contributed by atoms with Crippen molar-refractivity contribution in [1.29, 1.82) is 0 Å². The Labute approximate surface area is 110 Å². The molecule has 0 spiro atoms. The average molecular weight is 259 g/mol. The first-order valence-electron chi connectivity index (χ1n) is 5.63. The van der Waals surface area contributed by atoms with Crippen LogP contribution >= 0.6 is 0 Å². The van der Waals surface area contributed by atoms with Crippen LogP contribution in [0.5, 0.6) is 17.5 Å². The van der Waals surface area contributed by atoms with E-state index in [1.54, 1.807) is 36.4 Å². The largest absolute Gasteiger partial charge is 0.481 e. The molecule has 98 valence electrons. The standard InChI is InChI=1S/C14H13NO4/c1-9-6-7-11(10(8-9)14(16)17)19-13-5-3-4-12(15-13)18-2/h3-8H,1-2H3,(H,16,17). The zero-order valence-corrected chi connectivity index (χ0v) is 10.6. The van der Waals surface area contributed by atoms with Gasteiger partial charge in [-0.15, -0.1) is 0 Å². The Morgan fingerprint density at radius 1 is 1.21 bits per heavy atom. The minimum absolute atomic E-state index is 0.101. The van der Waals surface area contributed by atoms with E-state index in [2.05, 4.69) is 4.98 Å². The molecule has 0 saturated heterocycles. The highest BCUT2D eigenvalue weighted by atomic mass is 16.5. The Bertz CT molecular complexity index is 610. The van der Waals surface area contributed by atoms with Gasteiger partial charge in [0.15, 0.2) is 0 Å². The molecule has 0 saturated carbocycles. The molecule has 1 aromatic heterocycles. The smallest absolute Gasteiger partial charge is 0.339 e. The topological polar surface area (TPSA) is 68.7 Å². The molecule has 0 radical (unpaired) electrons. The molecule has 0 aliphatic heterocycles. The number of aryl methyl sites for hydroxylation is 1. The lowest BCUT2D eigenvalue weighted by Gasteiger charge is -2.09. The van der Waals surface area contributed by atoms with Crippen LogP contribution < -0.4 is 9.47 Å². The normalized spacial score (nSPS) is 10.0. The van der Waals surface area contributed by atoms with Crippen LogP contribution in [0.25, 0.3) is 0 Å². The number of carbonyl (C=O) groups is 1. The van der Waals surface area contributed by atoms with E-state index in [1.807, 2.05) is 6.92 Å². The number of hydrogen-bond donors (Lipinski definition) is 1. The van der Waals surface area contributed by atoms with Crippen molar-refractivity contribution in [2.75, 3.05) is 7.11 Å². The van der Waals surface area contributed by atoms with E-state index in [9.17, 15) is 4.79 Å². The third kappa shape index (κ3) is 3.01. The molecular formula is C14H13NO4. The van der Waals surface area contributed by atoms with Crippen molar-refractivity contribution in [1.82, 2.24) is 4.98 Å². The monoisotopic (exact) mass is 259 g/mol. The summed E-state index contributed by atoms with van der Waals surface area (Å²) in [6.07, 6.45) is 0. The number of benzene rings is 1. The van der Waals surface area contributed by atoms with E-state index in [0.717, 1.165) is 5.56 Å². The number of ether oxygens (including phenoxy) is 2. The number of nitrogens with zero attached hydrogens (tertiary/aromatic N) is 1. The average Bonchev–Trinajstić information content (AvgIpc) is 2.41. The Kier molecular flexibility index (Phi) is 3.66. The second-order valence-corrected chi connectivity index (χ2v) is 3.93. The van der Waals surface area contributed by atoms with Gasteiger partial charge >= 0.3 is 5.97 Å². The van der Waals surface area contributed by atoms with Gasteiger partial charge in [-0.05, 0) is 19.1 Å². The molecule has 0 amide bonds. The molecule has 5 nitrogen and oxygen atoms in total. The highest BCUT2D eigenvalue weighted by Gasteiger charge is 2.13. The fourth-order valence-electron chi connectivity index (χ4n) is 1.58. The van der Waals surface area contributed by atoms with Crippen molar-refractivity contribution >= 4 is 5.97 Å². The summed E-state index contributed by atoms with van der Waals surface area (Å²) in [5.41, 5.74) is 0.952. The second kappa shape index (κ2) is 5.39. The van der Waals surface area contributed by atoms with Gasteiger partial charge in [0.05, 0.1) is 7.11 Å². The fraction of sp³-hybridized carbons (Fsp3) is 0.143. The molecule has 0 bridgehead atoms. The third-order valence-corrected chi connectivity index (χ3v) is 2.49. The fourth-order valence-corrected chi connectivity index (χ4v) is 1.58. The summed E-state index contributed by atoms with van der Waals surface area (Å²) in [5, 5.41) is 9.14. The van der Waals surface area contributed by atoms with Crippen molar-refractivity contribution in [2.45, 2.75) is 6.92 Å². The molecule has 19 heavy (non-hydrogen) atoms. The van der Waals surface area contributed by atoms with Crippen LogP contribution in [-0.2, 0) is 0 Å². The lowest BCUT2D eigenvalue weighted by Crippen LogP contribution is -2.01. The highest BCUT2D eigenvalue weighted by Crippen LogP contribution is 2.26. The van der Waals surface area contributed by atoms with Gasteiger partial charge < -0.3 is 14.6 Å². The molecule has 2 rings (SSSR count). The molecule has 0 atom stereocenters. The highest BCUT2D eigenvalue weighted by molar-refractivity contribution is 5.91. The third-order valence-electron chi connectivity index (χ3n) is 2.49. The van der Waals surface area contributed by atoms with E-state index < -0.39 is 5.97 Å². The molecule has 0 fully saturated rings. The maximum absolute atomic E-state index is 11.2. The van der Waals surface area contributed by atoms with E-state index in [0.29, 0.717) is 5.88 Å². The molecule has 2 aromatic rings. The van der Waals surface area contributed by atoms with E-state index >= 15 is 0 Å². The maximum Gasteiger partial charge on any atom is 0.339 e. The molecule has 0 aliphatic rings. The van der Waals surface area contributed by atoms with Gasteiger partial charge in [-0.1, -0.05) is 17.7 Å². The molecular weight excluding hydrogens is 246 g/mol. The zero-order valence-electron chi connectivity index (χ0n) is 10.6. The van der Waals surface area contributed by atoms with Crippen molar-refractivity contribution in [2.24, 2.45) is 0 Å². The van der Waals surface area contributed by atoms with Crippen molar-refractivity contribution < 1.29 is 19.4 Å². The first-order chi connectivity index (χ1) is 9.10. The molecule has 5 heteroatoms. The summed E-state index contributed by atoms with van der Waals surface area (Å²) in [6.45, 7) is 1.82. The van der Waals surface area contributed by atoms with Crippen LogP contribution in [0.2, 0.25) is 0 Å². The van der Waals surface area contributed by atoms with Gasteiger partial charge in [0.25, 0.3) is 0 Å². The predicted molar refractivity (Wildman–Crippen MR) is 69.0 cm³/mol. The summed E-state index contributed by atoms with van der Waals surface area (Å²) in [5.74, 6) is -0.104. The minimum atomic E-state index is -1.04. The summed E-state index contributed by atoms with van der Waals surface area (Å²) >= 11 is 0. The lowest BCUT2D eigenvalue weighted by atomic mass is 10.1. The first kappa shape index (κ1) is 12.9. The number of carboxylic acids is 1. The van der Waals surface area contributed by atoms with Crippen LogP contribution in [-0.4, -0.2) is 23.2 Å². The number of pyridine rings is 1. The van der Waals surface area contributed by atoms with E-state index in [1.165, 1.54) is 7.11 Å². The van der Waals surface area contributed by atoms with E-state index in [-0.39, 0.29) is 17.2 Å². The number of hydrogen-bond acceptors (Lipinski definition) is 4. The van der Waals surface area contributed by atoms with Crippen molar-refractivity contribution in [3.63, 3.8) is 0 Å². The molecule has 1 N–H and O–H groups in total. The van der Waals surface area contributed by atoms with Gasteiger partial charge in [-0.25, -0.2) is 4.79 Å². The number of rotatable bonds is 4. The summed E-state index contributed by atoms with van der Waals surface area (Å²) < 4.78 is 10.5. The minimum Gasteiger partial charge on any atom is -0.481 e. The first-order valence-corrected chi connectivity index (χ1v) is 5.63. The van der Waals surface area contributed by atoms with Gasteiger partial charge in [0.2, 0.25) is 11.8 Å². The number of aromatic nitrogens is 1. The van der Waals surface area contributed by atoms with Crippen molar-refractivity contribution in [3.05, 3.63) is 47.5 Å². The summed E-state index contributed by atoms with van der Waals surface area (Å²) in [6, 6.07) is 9.98. The summed E-state index contributed by atoms with van der Waals surface area (Å²) in [7, 11) is 1.50. The lowest BCUT2D eigenvalue weighted by molar-refractivity contribution is 0.0694. The van der Waals surface area contributed by atoms with Gasteiger partial charge in [-0.2, -0.15) is 4.98 Å². The number of methoxy groups -OCH3 is 1. The number of aromatic carboxylic acids is 1. The molecule has 0 aliphatic carbocycles. The van der Waals surface area contributed by atoms with Gasteiger partial charge in [-0.3, -0.25) is 0 Å². The van der Waals surface area contributed by atoms with Crippen LogP contribution in [0.15, 0.2) is 36.4 Å². The quantitative estimate of drug-likeness (QED) is 0.914. The Morgan fingerprint density at radius 3 is 2.63 bits per heavy atom. The SMILES string of the molecule is COc1cccc(Oc2ccc(C)cc2C(=O)O)n1. The molecule has 1 aromatic carbocycles. The van der Waals surface area contributed by atoms with Crippen molar-refractivity contribution in [3.8, 4) is 17.5 Å². The Balaban J connectivity index is 2.34.